The number of rotatable bonds is 6. The number of benzene rings is 2. The molecule has 144 valence electrons. The van der Waals surface area contributed by atoms with E-state index >= 15 is 0 Å². The molecule has 0 saturated carbocycles. The summed E-state index contributed by atoms with van der Waals surface area (Å²) in [5, 5.41) is 3.08. The largest absolute Gasteiger partial charge is 0.484 e. The van der Waals surface area contributed by atoms with Crippen molar-refractivity contribution < 1.29 is 23.5 Å². The second kappa shape index (κ2) is 8.67. The fraction of sp³-hybridized carbons (Fsp3) is 0.143. The van der Waals surface area contributed by atoms with Crippen LogP contribution in [0.25, 0.3) is 11.1 Å². The summed E-state index contributed by atoms with van der Waals surface area (Å²) < 4.78 is 23.6. The Labute approximate surface area is 165 Å². The van der Waals surface area contributed by atoms with Gasteiger partial charge in [0.05, 0.1) is 7.11 Å². The van der Waals surface area contributed by atoms with Crippen LogP contribution >= 0.6 is 11.3 Å². The van der Waals surface area contributed by atoms with E-state index in [0.29, 0.717) is 21.9 Å². The van der Waals surface area contributed by atoms with Gasteiger partial charge in [0.15, 0.2) is 6.61 Å². The predicted molar refractivity (Wildman–Crippen MR) is 106 cm³/mol. The van der Waals surface area contributed by atoms with Crippen LogP contribution in [0.4, 0.5) is 9.39 Å². The van der Waals surface area contributed by atoms with E-state index in [9.17, 15) is 14.0 Å². The van der Waals surface area contributed by atoms with Gasteiger partial charge in [0.25, 0.3) is 5.91 Å². The second-order valence-electron chi connectivity index (χ2n) is 5.89. The summed E-state index contributed by atoms with van der Waals surface area (Å²) in [6, 6.07) is 14.8. The van der Waals surface area contributed by atoms with E-state index in [2.05, 4.69) is 5.32 Å². The Morgan fingerprint density at radius 3 is 2.39 bits per heavy atom. The van der Waals surface area contributed by atoms with Gasteiger partial charge in [-0.2, -0.15) is 0 Å². The number of halogens is 1. The van der Waals surface area contributed by atoms with Crippen molar-refractivity contribution in [2.24, 2.45) is 0 Å². The first-order valence-electron chi connectivity index (χ1n) is 8.45. The number of amides is 1. The molecule has 0 spiro atoms. The number of anilines is 1. The quantitative estimate of drug-likeness (QED) is 0.612. The minimum atomic E-state index is -0.581. The predicted octanol–water partition coefficient (Wildman–Crippen LogP) is 4.67. The molecule has 7 heteroatoms. The van der Waals surface area contributed by atoms with Crippen LogP contribution in [-0.2, 0) is 9.53 Å². The van der Waals surface area contributed by atoms with E-state index in [4.69, 9.17) is 9.47 Å². The fourth-order valence-corrected chi connectivity index (χ4v) is 3.80. The molecule has 1 heterocycles. The van der Waals surface area contributed by atoms with Crippen LogP contribution in [0.2, 0.25) is 0 Å². The molecule has 0 radical (unpaired) electrons. The molecule has 2 aromatic carbocycles. The lowest BCUT2D eigenvalue weighted by atomic mass is 10.0. The highest BCUT2D eigenvalue weighted by molar-refractivity contribution is 7.17. The number of methoxy groups -OCH3 is 1. The third kappa shape index (κ3) is 4.37. The third-order valence-corrected chi connectivity index (χ3v) is 4.99. The lowest BCUT2D eigenvalue weighted by Gasteiger charge is -2.09. The maximum absolute atomic E-state index is 13.3. The maximum Gasteiger partial charge on any atom is 0.341 e. The van der Waals surface area contributed by atoms with E-state index < -0.39 is 11.9 Å². The van der Waals surface area contributed by atoms with Gasteiger partial charge >= 0.3 is 5.97 Å². The van der Waals surface area contributed by atoms with Gasteiger partial charge in [-0.15, -0.1) is 11.3 Å². The topological polar surface area (TPSA) is 64.6 Å². The van der Waals surface area contributed by atoms with Crippen molar-refractivity contribution in [3.63, 3.8) is 0 Å². The Kier molecular flexibility index (Phi) is 6.06. The number of carbonyl (C=O) groups excluding carboxylic acids is 2. The van der Waals surface area contributed by atoms with E-state index in [-0.39, 0.29) is 18.0 Å². The highest BCUT2D eigenvalue weighted by Crippen LogP contribution is 2.40. The molecule has 5 nitrogen and oxygen atoms in total. The first kappa shape index (κ1) is 19.6. The molecule has 0 saturated heterocycles. The molecule has 1 aromatic heterocycles. The standard InChI is InChI=1S/C21H18FNO4S/c1-13-18(14-8-10-15(22)11-9-14)19(21(25)26-2)20(28-13)23-17(24)12-27-16-6-4-3-5-7-16/h3-11H,12H2,1-2H3,(H,23,24). The van der Waals surface area contributed by atoms with Crippen molar-refractivity contribution in [1.29, 1.82) is 0 Å². The molecule has 0 unspecified atom stereocenters. The lowest BCUT2D eigenvalue weighted by Crippen LogP contribution is -2.21. The van der Waals surface area contributed by atoms with Crippen LogP contribution in [0.15, 0.2) is 54.6 Å². The number of aryl methyl sites for hydroxylation is 1. The van der Waals surface area contributed by atoms with Crippen molar-refractivity contribution in [3.05, 3.63) is 70.9 Å². The van der Waals surface area contributed by atoms with Gasteiger partial charge in [-0.25, -0.2) is 9.18 Å². The first-order valence-corrected chi connectivity index (χ1v) is 9.26. The zero-order valence-corrected chi connectivity index (χ0v) is 16.1. The molecule has 0 aliphatic heterocycles. The monoisotopic (exact) mass is 399 g/mol. The van der Waals surface area contributed by atoms with Gasteiger partial charge in [-0.1, -0.05) is 30.3 Å². The number of esters is 1. The Bertz CT molecular complexity index is 984. The second-order valence-corrected chi connectivity index (χ2v) is 7.11. The lowest BCUT2D eigenvalue weighted by molar-refractivity contribution is -0.118. The normalized spacial score (nSPS) is 10.4. The molecule has 3 aromatic rings. The van der Waals surface area contributed by atoms with Crippen molar-refractivity contribution >= 4 is 28.2 Å². The van der Waals surface area contributed by atoms with E-state index in [1.165, 1.54) is 30.6 Å². The molecule has 28 heavy (non-hydrogen) atoms. The molecule has 1 amide bonds. The van der Waals surface area contributed by atoms with Crippen LogP contribution in [0.1, 0.15) is 15.2 Å². The molecule has 0 aliphatic rings. The van der Waals surface area contributed by atoms with Crippen LogP contribution < -0.4 is 10.1 Å². The molecule has 0 atom stereocenters. The highest BCUT2D eigenvalue weighted by Gasteiger charge is 2.25. The smallest absolute Gasteiger partial charge is 0.341 e. The van der Waals surface area contributed by atoms with Gasteiger partial charge in [0.1, 0.15) is 22.1 Å². The SMILES string of the molecule is COC(=O)c1c(NC(=O)COc2ccccc2)sc(C)c1-c1ccc(F)cc1. The van der Waals surface area contributed by atoms with E-state index in [1.807, 2.05) is 13.0 Å². The highest BCUT2D eigenvalue weighted by atomic mass is 32.1. The number of ether oxygens (including phenoxy) is 2. The summed E-state index contributed by atoms with van der Waals surface area (Å²) in [6.07, 6.45) is 0. The van der Waals surface area contributed by atoms with E-state index in [1.54, 1.807) is 36.4 Å². The minimum absolute atomic E-state index is 0.201. The van der Waals surface area contributed by atoms with Gasteiger partial charge in [-0.3, -0.25) is 4.79 Å². The Hall–Kier alpha value is -3.19. The summed E-state index contributed by atoms with van der Waals surface area (Å²) >= 11 is 1.25. The number of hydrogen-bond donors (Lipinski definition) is 1. The number of nitrogens with one attached hydrogen (secondary N) is 1. The Morgan fingerprint density at radius 2 is 1.75 bits per heavy atom. The van der Waals surface area contributed by atoms with Crippen molar-refractivity contribution in [1.82, 2.24) is 0 Å². The van der Waals surface area contributed by atoms with Crippen LogP contribution in [0.3, 0.4) is 0 Å². The zero-order chi connectivity index (χ0) is 20.1. The summed E-state index contributed by atoms with van der Waals surface area (Å²) in [6.45, 7) is 1.62. The maximum atomic E-state index is 13.3. The number of para-hydroxylation sites is 1. The number of carbonyl (C=O) groups is 2. The molecule has 0 bridgehead atoms. The number of thiophene rings is 1. The number of hydrogen-bond acceptors (Lipinski definition) is 5. The fourth-order valence-electron chi connectivity index (χ4n) is 2.72. The molecule has 0 fully saturated rings. The Balaban J connectivity index is 1.86. The third-order valence-electron chi connectivity index (χ3n) is 3.97. The average Bonchev–Trinajstić information content (AvgIpc) is 3.02. The summed E-state index contributed by atoms with van der Waals surface area (Å²) in [5.74, 6) is -0.785. The van der Waals surface area contributed by atoms with Crippen molar-refractivity contribution in [2.75, 3.05) is 19.0 Å². The van der Waals surface area contributed by atoms with Crippen molar-refractivity contribution in [3.8, 4) is 16.9 Å². The minimum Gasteiger partial charge on any atom is -0.484 e. The first-order chi connectivity index (χ1) is 13.5. The summed E-state index contributed by atoms with van der Waals surface area (Å²) in [4.78, 5) is 25.5. The molecule has 1 N–H and O–H groups in total. The van der Waals surface area contributed by atoms with Gasteiger partial charge in [-0.05, 0) is 36.8 Å². The summed E-state index contributed by atoms with van der Waals surface area (Å²) in [5.41, 5.74) is 1.51. The van der Waals surface area contributed by atoms with Crippen molar-refractivity contribution in [2.45, 2.75) is 6.92 Å². The molecular weight excluding hydrogens is 381 g/mol. The molecule has 3 rings (SSSR count). The van der Waals surface area contributed by atoms with Gasteiger partial charge in [0.2, 0.25) is 0 Å². The zero-order valence-electron chi connectivity index (χ0n) is 15.3. The van der Waals surface area contributed by atoms with Crippen LogP contribution in [-0.4, -0.2) is 25.6 Å². The van der Waals surface area contributed by atoms with Gasteiger partial charge < -0.3 is 14.8 Å². The van der Waals surface area contributed by atoms with E-state index in [0.717, 1.165) is 4.88 Å². The van der Waals surface area contributed by atoms with Crippen LogP contribution in [0.5, 0.6) is 5.75 Å². The molecule has 0 aliphatic carbocycles. The van der Waals surface area contributed by atoms with Gasteiger partial charge in [0, 0.05) is 10.4 Å². The average molecular weight is 399 g/mol. The summed E-state index contributed by atoms with van der Waals surface area (Å²) in [7, 11) is 1.27. The Morgan fingerprint density at radius 1 is 1.07 bits per heavy atom. The van der Waals surface area contributed by atoms with Crippen LogP contribution in [0, 0.1) is 12.7 Å². The molecular formula is C21H18FNO4S.